The summed E-state index contributed by atoms with van der Waals surface area (Å²) >= 11 is 5.75. The molecule has 1 N–H and O–H groups in total. The summed E-state index contributed by atoms with van der Waals surface area (Å²) in [4.78, 5) is 16.5. The van der Waals surface area contributed by atoms with Gasteiger partial charge in [-0.05, 0) is 38.5 Å². The molecule has 2 aromatic rings. The van der Waals surface area contributed by atoms with Crippen LogP contribution in [0.4, 0.5) is 11.5 Å². The molecule has 5 heteroatoms. The van der Waals surface area contributed by atoms with Crippen molar-refractivity contribution < 1.29 is 0 Å². The minimum absolute atomic E-state index is 0.138. The van der Waals surface area contributed by atoms with E-state index in [4.69, 9.17) is 11.6 Å². The number of nitrogens with one attached hydrogen (secondary N) is 1. The molecule has 1 aromatic heterocycles. The van der Waals surface area contributed by atoms with E-state index in [-0.39, 0.29) is 11.1 Å². The number of alkyl halides is 1. The van der Waals surface area contributed by atoms with Crippen LogP contribution in [-0.2, 0) is 11.4 Å². The number of halogens is 1. The SMILES string of the molecule is CC(C)(C)n1ccnc(Nc2ccc(CCl)cc2)c1=O. The van der Waals surface area contributed by atoms with Gasteiger partial charge in [-0.2, -0.15) is 0 Å². The van der Waals surface area contributed by atoms with Crippen molar-refractivity contribution in [1.29, 1.82) is 0 Å². The van der Waals surface area contributed by atoms with Gasteiger partial charge in [0.15, 0.2) is 5.82 Å². The second kappa shape index (κ2) is 5.67. The average molecular weight is 292 g/mol. The smallest absolute Gasteiger partial charge is 0.294 e. The van der Waals surface area contributed by atoms with Gasteiger partial charge in [0, 0.05) is 29.5 Å². The molecule has 106 valence electrons. The molecule has 0 aliphatic heterocycles. The molecule has 20 heavy (non-hydrogen) atoms. The van der Waals surface area contributed by atoms with Gasteiger partial charge in [-0.25, -0.2) is 4.98 Å². The minimum atomic E-state index is -0.279. The molecule has 2 rings (SSSR count). The Morgan fingerprint density at radius 1 is 1.25 bits per heavy atom. The zero-order valence-electron chi connectivity index (χ0n) is 11.9. The molecule has 0 saturated carbocycles. The van der Waals surface area contributed by atoms with E-state index in [1.54, 1.807) is 17.0 Å². The van der Waals surface area contributed by atoms with Crippen molar-refractivity contribution in [2.45, 2.75) is 32.2 Å². The molecule has 1 aromatic carbocycles. The largest absolute Gasteiger partial charge is 0.336 e. The Morgan fingerprint density at radius 3 is 2.45 bits per heavy atom. The number of hydrogen-bond donors (Lipinski definition) is 1. The van der Waals surface area contributed by atoms with Gasteiger partial charge in [0.2, 0.25) is 0 Å². The van der Waals surface area contributed by atoms with Gasteiger partial charge < -0.3 is 9.88 Å². The van der Waals surface area contributed by atoms with E-state index < -0.39 is 0 Å². The molecule has 1 heterocycles. The maximum absolute atomic E-state index is 12.4. The summed E-state index contributed by atoms with van der Waals surface area (Å²) in [5.41, 5.74) is 1.43. The molecule has 0 spiro atoms. The maximum Gasteiger partial charge on any atom is 0.294 e. The lowest BCUT2D eigenvalue weighted by molar-refractivity contribution is 0.383. The topological polar surface area (TPSA) is 46.9 Å². The third-order valence-electron chi connectivity index (χ3n) is 2.93. The van der Waals surface area contributed by atoms with Crippen molar-refractivity contribution in [3.05, 3.63) is 52.6 Å². The summed E-state index contributed by atoms with van der Waals surface area (Å²) in [6.45, 7) is 5.94. The summed E-state index contributed by atoms with van der Waals surface area (Å²) in [5, 5.41) is 3.05. The lowest BCUT2D eigenvalue weighted by Crippen LogP contribution is -2.34. The van der Waals surface area contributed by atoms with Crippen LogP contribution in [0.15, 0.2) is 41.5 Å². The van der Waals surface area contributed by atoms with Gasteiger partial charge in [0.25, 0.3) is 5.56 Å². The van der Waals surface area contributed by atoms with Crippen LogP contribution in [0.5, 0.6) is 0 Å². The summed E-state index contributed by atoms with van der Waals surface area (Å²) in [7, 11) is 0. The van der Waals surface area contributed by atoms with E-state index in [0.29, 0.717) is 11.7 Å². The normalized spacial score (nSPS) is 11.4. The number of hydrogen-bond acceptors (Lipinski definition) is 3. The second-order valence-corrected chi connectivity index (χ2v) is 5.84. The van der Waals surface area contributed by atoms with Crippen LogP contribution in [0.3, 0.4) is 0 Å². The standard InChI is InChI=1S/C15H18ClN3O/c1-15(2,3)19-9-8-17-13(14(19)20)18-12-6-4-11(10-16)5-7-12/h4-9H,10H2,1-3H3,(H,17,18). The van der Waals surface area contributed by atoms with Crippen molar-refractivity contribution in [2.24, 2.45) is 0 Å². The fourth-order valence-electron chi connectivity index (χ4n) is 1.84. The summed E-state index contributed by atoms with van der Waals surface area (Å²) in [6, 6.07) is 7.60. The fraction of sp³-hybridized carbons (Fsp3) is 0.333. The van der Waals surface area contributed by atoms with E-state index in [0.717, 1.165) is 11.3 Å². The monoisotopic (exact) mass is 291 g/mol. The van der Waals surface area contributed by atoms with Gasteiger partial charge in [0.1, 0.15) is 0 Å². The summed E-state index contributed by atoms with van der Waals surface area (Å²) < 4.78 is 1.66. The van der Waals surface area contributed by atoms with Crippen LogP contribution >= 0.6 is 11.6 Å². The lowest BCUT2D eigenvalue weighted by atomic mass is 10.1. The number of benzene rings is 1. The molecular weight excluding hydrogens is 274 g/mol. The van der Waals surface area contributed by atoms with Gasteiger partial charge in [-0.15, -0.1) is 11.6 Å². The number of anilines is 2. The Morgan fingerprint density at radius 2 is 1.90 bits per heavy atom. The Balaban J connectivity index is 2.32. The highest BCUT2D eigenvalue weighted by Crippen LogP contribution is 2.15. The molecule has 0 radical (unpaired) electrons. The highest BCUT2D eigenvalue weighted by Gasteiger charge is 2.16. The first kappa shape index (κ1) is 14.6. The van der Waals surface area contributed by atoms with Crippen molar-refractivity contribution in [1.82, 2.24) is 9.55 Å². The van der Waals surface area contributed by atoms with Crippen LogP contribution in [0, 0.1) is 0 Å². The zero-order chi connectivity index (χ0) is 14.8. The van der Waals surface area contributed by atoms with Gasteiger partial charge in [-0.1, -0.05) is 12.1 Å². The molecule has 0 aliphatic carbocycles. The molecular formula is C15H18ClN3O. The predicted octanol–water partition coefficient (Wildman–Crippen LogP) is 3.48. The van der Waals surface area contributed by atoms with Crippen LogP contribution in [0.2, 0.25) is 0 Å². The zero-order valence-corrected chi connectivity index (χ0v) is 12.6. The van der Waals surface area contributed by atoms with E-state index >= 15 is 0 Å². The van der Waals surface area contributed by atoms with Crippen molar-refractivity contribution >= 4 is 23.1 Å². The Bertz CT molecular complexity index is 641. The van der Waals surface area contributed by atoms with E-state index in [2.05, 4.69) is 10.3 Å². The van der Waals surface area contributed by atoms with Gasteiger partial charge in [0.05, 0.1) is 0 Å². The number of aromatic nitrogens is 2. The molecule has 0 aliphatic rings. The first-order valence-corrected chi connectivity index (χ1v) is 6.95. The predicted molar refractivity (Wildman–Crippen MR) is 82.8 cm³/mol. The molecule has 4 nitrogen and oxygen atoms in total. The summed E-state index contributed by atoms with van der Waals surface area (Å²) in [6.07, 6.45) is 3.33. The molecule has 0 fully saturated rings. The van der Waals surface area contributed by atoms with Crippen molar-refractivity contribution in [2.75, 3.05) is 5.32 Å². The first-order chi connectivity index (χ1) is 9.41. The Labute approximate surface area is 123 Å². The third-order valence-corrected chi connectivity index (χ3v) is 3.24. The van der Waals surface area contributed by atoms with Crippen LogP contribution in [0.25, 0.3) is 0 Å². The van der Waals surface area contributed by atoms with Crippen molar-refractivity contribution in [3.63, 3.8) is 0 Å². The van der Waals surface area contributed by atoms with E-state index in [1.807, 2.05) is 45.0 Å². The Kier molecular flexibility index (Phi) is 4.14. The molecule has 0 amide bonds. The van der Waals surface area contributed by atoms with E-state index in [1.165, 1.54) is 0 Å². The maximum atomic E-state index is 12.4. The fourth-order valence-corrected chi connectivity index (χ4v) is 2.02. The van der Waals surface area contributed by atoms with Crippen molar-refractivity contribution in [3.8, 4) is 0 Å². The first-order valence-electron chi connectivity index (χ1n) is 6.42. The quantitative estimate of drug-likeness (QED) is 0.881. The second-order valence-electron chi connectivity index (χ2n) is 5.58. The van der Waals surface area contributed by atoms with Crippen LogP contribution < -0.4 is 10.9 Å². The molecule has 0 atom stereocenters. The van der Waals surface area contributed by atoms with E-state index in [9.17, 15) is 4.79 Å². The minimum Gasteiger partial charge on any atom is -0.336 e. The number of rotatable bonds is 3. The molecule has 0 bridgehead atoms. The highest BCUT2D eigenvalue weighted by atomic mass is 35.5. The summed E-state index contributed by atoms with van der Waals surface area (Å²) in [5.74, 6) is 0.793. The molecule has 0 unspecified atom stereocenters. The van der Waals surface area contributed by atoms with Crippen LogP contribution in [-0.4, -0.2) is 9.55 Å². The van der Waals surface area contributed by atoms with Crippen LogP contribution in [0.1, 0.15) is 26.3 Å². The van der Waals surface area contributed by atoms with Gasteiger partial charge in [-0.3, -0.25) is 4.79 Å². The lowest BCUT2D eigenvalue weighted by Gasteiger charge is -2.22. The average Bonchev–Trinajstić information content (AvgIpc) is 2.40. The highest BCUT2D eigenvalue weighted by molar-refractivity contribution is 6.17. The third kappa shape index (κ3) is 3.20. The molecule has 0 saturated heterocycles. The van der Waals surface area contributed by atoms with Gasteiger partial charge >= 0.3 is 0 Å². The number of nitrogens with zero attached hydrogens (tertiary/aromatic N) is 2. The Hall–Kier alpha value is -1.81.